The van der Waals surface area contributed by atoms with Crippen LogP contribution >= 0.6 is 0 Å². The van der Waals surface area contributed by atoms with Gasteiger partial charge in [-0.1, -0.05) is 0 Å². The van der Waals surface area contributed by atoms with Crippen LogP contribution in [0.4, 0.5) is 0 Å². The van der Waals surface area contributed by atoms with Crippen LogP contribution in [0.2, 0.25) is 0 Å². The maximum absolute atomic E-state index is 5.48. The summed E-state index contributed by atoms with van der Waals surface area (Å²) in [5.41, 5.74) is 1.12. The second-order valence-corrected chi connectivity index (χ2v) is 5.11. The minimum absolute atomic E-state index is 0.523. The predicted octanol–water partition coefficient (Wildman–Crippen LogP) is 1.51. The Balaban J connectivity index is 2.21. The molecule has 1 atom stereocenters. The van der Waals surface area contributed by atoms with E-state index in [0.29, 0.717) is 11.8 Å². The molecule has 0 saturated carbocycles. The molecular weight excluding hydrogens is 256 g/mol. The molecular formula is C15H24N2O3. The minimum atomic E-state index is 0.523. The molecule has 2 rings (SSSR count). The highest BCUT2D eigenvalue weighted by Crippen LogP contribution is 2.35. The third-order valence-electron chi connectivity index (χ3n) is 3.63. The number of rotatable bonds is 5. The van der Waals surface area contributed by atoms with Crippen LogP contribution in [0.1, 0.15) is 12.5 Å². The summed E-state index contributed by atoms with van der Waals surface area (Å²) in [6, 6.07) is 4.42. The zero-order valence-corrected chi connectivity index (χ0v) is 12.7. The second kappa shape index (κ2) is 6.81. The fourth-order valence-corrected chi connectivity index (χ4v) is 2.61. The smallest absolute Gasteiger partial charge is 0.164 e. The van der Waals surface area contributed by atoms with Crippen molar-refractivity contribution in [1.29, 1.82) is 0 Å². The van der Waals surface area contributed by atoms with Crippen molar-refractivity contribution < 1.29 is 14.2 Å². The van der Waals surface area contributed by atoms with Crippen molar-refractivity contribution in [2.75, 3.05) is 41.0 Å². The number of ether oxygens (including phenoxy) is 3. The van der Waals surface area contributed by atoms with Gasteiger partial charge in [-0.15, -0.1) is 0 Å². The molecule has 1 aliphatic heterocycles. The van der Waals surface area contributed by atoms with Crippen LogP contribution < -0.4 is 19.5 Å². The van der Waals surface area contributed by atoms with E-state index in [1.54, 1.807) is 21.3 Å². The summed E-state index contributed by atoms with van der Waals surface area (Å²) in [5, 5.41) is 3.45. The summed E-state index contributed by atoms with van der Waals surface area (Å²) < 4.78 is 16.2. The number of nitrogens with one attached hydrogen (secondary N) is 1. The summed E-state index contributed by atoms with van der Waals surface area (Å²) in [6.45, 7) is 6.17. The van der Waals surface area contributed by atoms with Crippen LogP contribution in [0, 0.1) is 0 Å². The monoisotopic (exact) mass is 280 g/mol. The number of benzene rings is 1. The molecule has 0 amide bonds. The minimum Gasteiger partial charge on any atom is -0.496 e. The lowest BCUT2D eigenvalue weighted by molar-refractivity contribution is 0.197. The Morgan fingerprint density at radius 1 is 1.10 bits per heavy atom. The summed E-state index contributed by atoms with van der Waals surface area (Å²) in [7, 11) is 4.97. The number of hydrogen-bond acceptors (Lipinski definition) is 5. The van der Waals surface area contributed by atoms with E-state index < -0.39 is 0 Å². The van der Waals surface area contributed by atoms with E-state index in [-0.39, 0.29) is 0 Å². The van der Waals surface area contributed by atoms with Crippen molar-refractivity contribution in [1.82, 2.24) is 10.2 Å². The fourth-order valence-electron chi connectivity index (χ4n) is 2.61. The lowest BCUT2D eigenvalue weighted by atomic mass is 10.1. The second-order valence-electron chi connectivity index (χ2n) is 5.11. The maximum Gasteiger partial charge on any atom is 0.164 e. The summed E-state index contributed by atoms with van der Waals surface area (Å²) in [6.07, 6.45) is 0. The first-order valence-electron chi connectivity index (χ1n) is 6.92. The highest BCUT2D eigenvalue weighted by atomic mass is 16.5. The van der Waals surface area contributed by atoms with E-state index in [4.69, 9.17) is 14.2 Å². The largest absolute Gasteiger partial charge is 0.496 e. The highest BCUT2D eigenvalue weighted by molar-refractivity contribution is 5.50. The molecule has 1 heterocycles. The first-order chi connectivity index (χ1) is 9.67. The number of nitrogens with zero attached hydrogens (tertiary/aromatic N) is 1. The van der Waals surface area contributed by atoms with E-state index in [2.05, 4.69) is 17.1 Å². The summed E-state index contributed by atoms with van der Waals surface area (Å²) >= 11 is 0. The zero-order chi connectivity index (χ0) is 14.5. The molecule has 0 bridgehead atoms. The molecule has 1 aromatic rings. The van der Waals surface area contributed by atoms with E-state index in [0.717, 1.165) is 43.2 Å². The van der Waals surface area contributed by atoms with E-state index >= 15 is 0 Å². The van der Waals surface area contributed by atoms with Gasteiger partial charge in [0.15, 0.2) is 11.5 Å². The SMILES string of the molecule is COc1cc(OC)c(OC)cc1CN1CCN[C@H](C)C1. The summed E-state index contributed by atoms with van der Waals surface area (Å²) in [4.78, 5) is 2.42. The van der Waals surface area contributed by atoms with E-state index in [1.807, 2.05) is 12.1 Å². The lowest BCUT2D eigenvalue weighted by Crippen LogP contribution is -2.48. The zero-order valence-electron chi connectivity index (χ0n) is 12.7. The quantitative estimate of drug-likeness (QED) is 0.885. The van der Waals surface area contributed by atoms with Crippen LogP contribution in [0.5, 0.6) is 17.2 Å². The molecule has 5 heteroatoms. The Morgan fingerprint density at radius 3 is 2.35 bits per heavy atom. The topological polar surface area (TPSA) is 43.0 Å². The molecule has 0 unspecified atom stereocenters. The Hall–Kier alpha value is -1.46. The van der Waals surface area contributed by atoms with Crippen molar-refractivity contribution in [3.8, 4) is 17.2 Å². The fraction of sp³-hybridized carbons (Fsp3) is 0.600. The molecule has 20 heavy (non-hydrogen) atoms. The molecule has 0 radical (unpaired) electrons. The van der Waals surface area contributed by atoms with Gasteiger partial charge in [0.25, 0.3) is 0 Å². The van der Waals surface area contributed by atoms with Crippen molar-refractivity contribution in [3.63, 3.8) is 0 Å². The maximum atomic E-state index is 5.48. The standard InChI is InChI=1S/C15H24N2O3/c1-11-9-17(6-5-16-11)10-12-7-14(19-3)15(20-4)8-13(12)18-2/h7-8,11,16H,5-6,9-10H2,1-4H3/t11-/m1/s1. The average molecular weight is 280 g/mol. The van der Waals surface area contributed by atoms with Crippen LogP contribution in [-0.4, -0.2) is 51.9 Å². The molecule has 1 saturated heterocycles. The number of hydrogen-bond donors (Lipinski definition) is 1. The number of methoxy groups -OCH3 is 3. The van der Waals surface area contributed by atoms with Crippen molar-refractivity contribution in [2.45, 2.75) is 19.5 Å². The van der Waals surface area contributed by atoms with Crippen LogP contribution in [0.3, 0.4) is 0 Å². The third-order valence-corrected chi connectivity index (χ3v) is 3.63. The van der Waals surface area contributed by atoms with Gasteiger partial charge in [0.2, 0.25) is 0 Å². The van der Waals surface area contributed by atoms with Gasteiger partial charge in [-0.2, -0.15) is 0 Å². The van der Waals surface area contributed by atoms with Crippen LogP contribution in [0.25, 0.3) is 0 Å². The Kier molecular flexibility index (Phi) is 5.09. The molecule has 1 fully saturated rings. The van der Waals surface area contributed by atoms with Crippen LogP contribution in [-0.2, 0) is 6.54 Å². The molecule has 1 aliphatic rings. The first kappa shape index (κ1) is 14.9. The molecule has 0 aromatic heterocycles. The van der Waals surface area contributed by atoms with Crippen LogP contribution in [0.15, 0.2) is 12.1 Å². The molecule has 1 aromatic carbocycles. The summed E-state index contributed by atoms with van der Waals surface area (Å²) in [5.74, 6) is 2.28. The highest BCUT2D eigenvalue weighted by Gasteiger charge is 2.19. The van der Waals surface area contributed by atoms with Gasteiger partial charge < -0.3 is 19.5 Å². The van der Waals surface area contributed by atoms with Gasteiger partial charge in [-0.05, 0) is 13.0 Å². The van der Waals surface area contributed by atoms with Crippen molar-refractivity contribution in [3.05, 3.63) is 17.7 Å². The molecule has 5 nitrogen and oxygen atoms in total. The van der Waals surface area contributed by atoms with E-state index in [1.165, 1.54) is 0 Å². The Bertz CT molecular complexity index is 451. The molecule has 1 N–H and O–H groups in total. The van der Waals surface area contributed by atoms with Crippen molar-refractivity contribution >= 4 is 0 Å². The average Bonchev–Trinajstić information content (AvgIpc) is 2.46. The molecule has 0 spiro atoms. The van der Waals surface area contributed by atoms with Gasteiger partial charge in [0.05, 0.1) is 21.3 Å². The Morgan fingerprint density at radius 2 is 1.75 bits per heavy atom. The van der Waals surface area contributed by atoms with Gasteiger partial charge in [0, 0.05) is 43.9 Å². The predicted molar refractivity (Wildman–Crippen MR) is 78.8 cm³/mol. The number of piperazine rings is 1. The lowest BCUT2D eigenvalue weighted by Gasteiger charge is -2.32. The third kappa shape index (κ3) is 3.35. The molecule has 0 aliphatic carbocycles. The molecule has 112 valence electrons. The van der Waals surface area contributed by atoms with E-state index in [9.17, 15) is 0 Å². The Labute approximate surface area is 120 Å². The van der Waals surface area contributed by atoms with Crippen molar-refractivity contribution in [2.24, 2.45) is 0 Å². The normalized spacial score (nSPS) is 19.7. The van der Waals surface area contributed by atoms with Gasteiger partial charge in [-0.3, -0.25) is 4.90 Å². The van der Waals surface area contributed by atoms with Gasteiger partial charge >= 0.3 is 0 Å². The first-order valence-corrected chi connectivity index (χ1v) is 6.92. The van der Waals surface area contributed by atoms with Gasteiger partial charge in [-0.25, -0.2) is 0 Å². The van der Waals surface area contributed by atoms with Gasteiger partial charge in [0.1, 0.15) is 5.75 Å².